The van der Waals surface area contributed by atoms with Gasteiger partial charge in [0.15, 0.2) is 0 Å². The first kappa shape index (κ1) is 14.5. The lowest BCUT2D eigenvalue weighted by Gasteiger charge is -2.17. The first-order valence-electron chi connectivity index (χ1n) is 6.80. The maximum absolute atomic E-state index is 13.2. The number of carbonyl (C=O) groups is 1. The van der Waals surface area contributed by atoms with E-state index < -0.39 is 7.26 Å². The van der Waals surface area contributed by atoms with Gasteiger partial charge in [-0.05, 0) is 49.9 Å². The number of rotatable bonds is 3. The van der Waals surface area contributed by atoms with Crippen LogP contribution in [0, 0.1) is 19.7 Å². The van der Waals surface area contributed by atoms with Crippen molar-refractivity contribution in [3.05, 3.63) is 29.1 Å². The molecule has 1 aliphatic rings. The molecule has 0 spiro atoms. The summed E-state index contributed by atoms with van der Waals surface area (Å²) in [5, 5.41) is 2.98. The molecule has 1 N–H and O–H groups in total. The Balaban J connectivity index is 2.07. The molecule has 104 valence electrons. The lowest BCUT2D eigenvalue weighted by Crippen LogP contribution is -2.20. The molecule has 1 aliphatic heterocycles. The summed E-state index contributed by atoms with van der Waals surface area (Å²) >= 11 is 0. The van der Waals surface area contributed by atoms with Gasteiger partial charge in [0.2, 0.25) is 0 Å². The molecule has 1 aromatic rings. The predicted octanol–water partition coefficient (Wildman–Crippen LogP) is 3.82. The highest BCUT2D eigenvalue weighted by Crippen LogP contribution is 2.60. The Hall–Kier alpha value is -0.950. The fraction of sp³-hybridized carbons (Fsp3) is 0.533. The van der Waals surface area contributed by atoms with Crippen molar-refractivity contribution in [2.24, 2.45) is 0 Å². The number of nitrogens with one attached hydrogen (secondary N) is 1. The maximum Gasteiger partial charge on any atom is 0.261 e. The van der Waals surface area contributed by atoms with Crippen molar-refractivity contribution in [1.82, 2.24) is 0 Å². The average molecular weight is 282 g/mol. The van der Waals surface area contributed by atoms with Crippen LogP contribution in [0.4, 0.5) is 10.1 Å². The highest BCUT2D eigenvalue weighted by molar-refractivity contribution is 7.76. The van der Waals surface area contributed by atoms with E-state index >= 15 is 0 Å². The van der Waals surface area contributed by atoms with E-state index in [1.165, 1.54) is 37.3 Å². The SMILES string of the molecule is Cc1cc(F)cc(C)c1NC(=O)C[P+]1(C)CCCC1. The average Bonchev–Trinajstić information content (AvgIpc) is 2.70. The van der Waals surface area contributed by atoms with E-state index in [0.717, 1.165) is 16.8 Å². The van der Waals surface area contributed by atoms with Crippen LogP contribution in [-0.2, 0) is 4.79 Å². The van der Waals surface area contributed by atoms with E-state index in [2.05, 4.69) is 12.0 Å². The molecule has 4 heteroatoms. The van der Waals surface area contributed by atoms with Gasteiger partial charge in [-0.3, -0.25) is 4.79 Å². The molecule has 1 saturated heterocycles. The lowest BCUT2D eigenvalue weighted by atomic mass is 10.1. The standard InChI is InChI=1S/C15H21FNOP/c1-11-8-13(16)9-12(2)15(11)17-14(18)10-19(3)6-4-5-7-19/h8-9H,4-7,10H2,1-3H3/p+1. The zero-order valence-electron chi connectivity index (χ0n) is 11.9. The minimum atomic E-state index is -1.04. The number of carbonyl (C=O) groups excluding carboxylic acids is 1. The molecule has 0 unspecified atom stereocenters. The van der Waals surface area contributed by atoms with Crippen molar-refractivity contribution >= 4 is 18.9 Å². The summed E-state index contributed by atoms with van der Waals surface area (Å²) in [5.74, 6) is -0.154. The molecule has 19 heavy (non-hydrogen) atoms. The summed E-state index contributed by atoms with van der Waals surface area (Å²) in [7, 11) is -1.04. The van der Waals surface area contributed by atoms with Crippen LogP contribution in [0.2, 0.25) is 0 Å². The number of hydrogen-bond acceptors (Lipinski definition) is 1. The molecule has 2 nitrogen and oxygen atoms in total. The van der Waals surface area contributed by atoms with Gasteiger partial charge < -0.3 is 5.32 Å². The van der Waals surface area contributed by atoms with Gasteiger partial charge in [0.1, 0.15) is 12.0 Å². The lowest BCUT2D eigenvalue weighted by molar-refractivity contribution is -0.113. The Morgan fingerprint density at radius 2 is 1.79 bits per heavy atom. The summed E-state index contributed by atoms with van der Waals surface area (Å²) in [6, 6.07) is 2.93. The zero-order chi connectivity index (χ0) is 14.0. The zero-order valence-corrected chi connectivity index (χ0v) is 12.8. The van der Waals surface area contributed by atoms with Gasteiger partial charge in [0.25, 0.3) is 5.91 Å². The number of aryl methyl sites for hydroxylation is 2. The van der Waals surface area contributed by atoms with Crippen molar-refractivity contribution < 1.29 is 9.18 Å². The quantitative estimate of drug-likeness (QED) is 0.839. The van der Waals surface area contributed by atoms with Crippen LogP contribution in [0.1, 0.15) is 24.0 Å². The minimum Gasteiger partial charge on any atom is -0.322 e. The van der Waals surface area contributed by atoms with Crippen molar-refractivity contribution in [3.8, 4) is 0 Å². The number of halogens is 1. The van der Waals surface area contributed by atoms with Crippen LogP contribution in [0.3, 0.4) is 0 Å². The fourth-order valence-corrected chi connectivity index (χ4v) is 6.18. The maximum atomic E-state index is 13.2. The van der Waals surface area contributed by atoms with E-state index in [1.54, 1.807) is 0 Å². The van der Waals surface area contributed by atoms with Gasteiger partial charge in [-0.15, -0.1) is 0 Å². The molecule has 2 rings (SSSR count). The second-order valence-electron chi connectivity index (χ2n) is 5.89. The number of amides is 1. The molecule has 0 aliphatic carbocycles. The summed E-state index contributed by atoms with van der Waals surface area (Å²) in [5.41, 5.74) is 2.36. The topological polar surface area (TPSA) is 29.1 Å². The Kier molecular flexibility index (Phi) is 4.25. The van der Waals surface area contributed by atoms with Crippen molar-refractivity contribution in [2.45, 2.75) is 26.7 Å². The first-order valence-corrected chi connectivity index (χ1v) is 9.59. The van der Waals surface area contributed by atoms with Crippen LogP contribution in [0.5, 0.6) is 0 Å². The number of benzene rings is 1. The Bertz CT molecular complexity index is 472. The van der Waals surface area contributed by atoms with Crippen LogP contribution < -0.4 is 5.32 Å². The normalized spacial score (nSPS) is 17.5. The molecular weight excluding hydrogens is 260 g/mol. The van der Waals surface area contributed by atoms with Gasteiger partial charge in [0.05, 0.1) is 12.3 Å². The van der Waals surface area contributed by atoms with Gasteiger partial charge in [0, 0.05) is 19.6 Å². The monoisotopic (exact) mass is 282 g/mol. The van der Waals surface area contributed by atoms with Crippen molar-refractivity contribution in [3.63, 3.8) is 0 Å². The number of hydrogen-bond donors (Lipinski definition) is 1. The summed E-state index contributed by atoms with van der Waals surface area (Å²) in [6.07, 6.45) is 5.69. The third kappa shape index (κ3) is 3.54. The van der Waals surface area contributed by atoms with E-state index in [1.807, 2.05) is 13.8 Å². The second-order valence-corrected chi connectivity index (χ2v) is 10.3. The Morgan fingerprint density at radius 3 is 2.32 bits per heavy atom. The highest BCUT2D eigenvalue weighted by atomic mass is 31.2. The van der Waals surface area contributed by atoms with Crippen LogP contribution >= 0.6 is 7.26 Å². The molecule has 0 radical (unpaired) electrons. The minimum absolute atomic E-state index is 0.0931. The summed E-state index contributed by atoms with van der Waals surface area (Å²) in [6.45, 7) is 5.96. The van der Waals surface area contributed by atoms with Crippen LogP contribution in [0.15, 0.2) is 12.1 Å². The molecule has 1 amide bonds. The fourth-order valence-electron chi connectivity index (χ4n) is 2.89. The Labute approximate surface area is 115 Å². The largest absolute Gasteiger partial charge is 0.322 e. The molecular formula is C15H22FNOP+. The van der Waals surface area contributed by atoms with Gasteiger partial charge in [-0.1, -0.05) is 0 Å². The van der Waals surface area contributed by atoms with Gasteiger partial charge in [-0.25, -0.2) is 4.39 Å². The predicted molar refractivity (Wildman–Crippen MR) is 81.2 cm³/mol. The summed E-state index contributed by atoms with van der Waals surface area (Å²) < 4.78 is 13.2. The first-order chi connectivity index (χ1) is 8.89. The molecule has 1 fully saturated rings. The molecule has 0 bridgehead atoms. The number of anilines is 1. The smallest absolute Gasteiger partial charge is 0.261 e. The van der Waals surface area contributed by atoms with Crippen LogP contribution in [-0.4, -0.2) is 31.1 Å². The summed E-state index contributed by atoms with van der Waals surface area (Å²) in [4.78, 5) is 12.2. The molecule has 0 atom stereocenters. The highest BCUT2D eigenvalue weighted by Gasteiger charge is 2.37. The molecule has 0 saturated carbocycles. The third-order valence-corrected chi connectivity index (χ3v) is 7.78. The van der Waals surface area contributed by atoms with Crippen LogP contribution in [0.25, 0.3) is 0 Å². The Morgan fingerprint density at radius 1 is 1.26 bits per heavy atom. The second kappa shape index (κ2) is 5.58. The molecule has 1 aromatic carbocycles. The van der Waals surface area contributed by atoms with Gasteiger partial charge >= 0.3 is 0 Å². The van der Waals surface area contributed by atoms with Crippen molar-refractivity contribution in [1.29, 1.82) is 0 Å². The van der Waals surface area contributed by atoms with E-state index in [9.17, 15) is 9.18 Å². The van der Waals surface area contributed by atoms with Crippen molar-refractivity contribution in [2.75, 3.05) is 30.5 Å². The third-order valence-electron chi connectivity index (χ3n) is 3.93. The van der Waals surface area contributed by atoms with Gasteiger partial charge in [-0.2, -0.15) is 0 Å². The van der Waals surface area contributed by atoms with E-state index in [0.29, 0.717) is 6.16 Å². The van der Waals surface area contributed by atoms with E-state index in [4.69, 9.17) is 0 Å². The van der Waals surface area contributed by atoms with E-state index in [-0.39, 0.29) is 11.7 Å². The molecule has 0 aromatic heterocycles. The molecule has 1 heterocycles.